The molecule has 6 rings (SSSR count). The Balaban J connectivity index is 1.46. The molecule has 0 aliphatic carbocycles. The van der Waals surface area contributed by atoms with Crippen molar-refractivity contribution in [2.24, 2.45) is 0 Å². The molecule has 8 heteroatoms. The molecule has 35 heavy (non-hydrogen) atoms. The molecule has 4 atom stereocenters. The number of nitro groups is 1. The van der Waals surface area contributed by atoms with E-state index in [2.05, 4.69) is 10.2 Å². The number of nitrogens with zero attached hydrogens (tertiary/aromatic N) is 2. The quantitative estimate of drug-likeness (QED) is 0.437. The molecule has 7 nitrogen and oxygen atoms in total. The summed E-state index contributed by atoms with van der Waals surface area (Å²) in [5, 5.41) is 15.7. The van der Waals surface area contributed by atoms with Crippen LogP contribution in [0.4, 0.5) is 10.1 Å². The maximum Gasteiger partial charge on any atom is 0.256 e. The minimum absolute atomic E-state index is 0.132. The number of rotatable bonds is 5. The Hall–Kier alpha value is -3.78. The van der Waals surface area contributed by atoms with E-state index in [0.717, 1.165) is 12.8 Å². The molecule has 3 aromatic carbocycles. The highest BCUT2D eigenvalue weighted by Crippen LogP contribution is 2.58. The lowest BCUT2D eigenvalue weighted by Gasteiger charge is -2.32. The van der Waals surface area contributed by atoms with Gasteiger partial charge in [0.15, 0.2) is 5.54 Å². The van der Waals surface area contributed by atoms with Gasteiger partial charge in [0.05, 0.1) is 5.92 Å². The number of halogens is 1. The summed E-state index contributed by atoms with van der Waals surface area (Å²) in [6.07, 6.45) is 1.61. The van der Waals surface area contributed by atoms with Gasteiger partial charge >= 0.3 is 0 Å². The summed E-state index contributed by atoms with van der Waals surface area (Å²) in [4.78, 5) is 28.1. The van der Waals surface area contributed by atoms with Crippen molar-refractivity contribution in [3.8, 4) is 5.75 Å². The number of carbonyl (C=O) groups excluding carboxylic acids is 1. The number of fused-ring (bicyclic) bond motifs is 4. The molecule has 3 heterocycles. The van der Waals surface area contributed by atoms with Crippen LogP contribution in [0.3, 0.4) is 0 Å². The highest BCUT2D eigenvalue weighted by Gasteiger charge is 2.73. The summed E-state index contributed by atoms with van der Waals surface area (Å²) in [6, 6.07) is 19.4. The van der Waals surface area contributed by atoms with Crippen molar-refractivity contribution in [2.75, 3.05) is 11.9 Å². The van der Waals surface area contributed by atoms with Gasteiger partial charge in [-0.05, 0) is 42.7 Å². The molecule has 1 spiro atoms. The number of para-hydroxylation sites is 2. The van der Waals surface area contributed by atoms with Gasteiger partial charge in [0, 0.05) is 34.3 Å². The molecule has 2 fully saturated rings. The molecule has 3 aromatic rings. The number of nitrogens with one attached hydrogen (secondary N) is 1. The maximum absolute atomic E-state index is 13.7. The summed E-state index contributed by atoms with van der Waals surface area (Å²) < 4.78 is 19.8. The molecule has 1 N–H and O–H groups in total. The van der Waals surface area contributed by atoms with Crippen LogP contribution in [0.25, 0.3) is 0 Å². The zero-order valence-electron chi connectivity index (χ0n) is 18.9. The fourth-order valence-corrected chi connectivity index (χ4v) is 6.42. The molecule has 0 saturated carbocycles. The highest BCUT2D eigenvalue weighted by molar-refractivity contribution is 6.07. The van der Waals surface area contributed by atoms with E-state index in [0.29, 0.717) is 34.7 Å². The first-order valence-electron chi connectivity index (χ1n) is 11.8. The summed E-state index contributed by atoms with van der Waals surface area (Å²) in [7, 11) is 0. The number of amides is 1. The Kier molecular flexibility index (Phi) is 5.07. The highest BCUT2D eigenvalue weighted by atomic mass is 19.1. The minimum Gasteiger partial charge on any atom is -0.489 e. The Morgan fingerprint density at radius 1 is 1.11 bits per heavy atom. The average molecular weight is 474 g/mol. The molecule has 0 radical (unpaired) electrons. The van der Waals surface area contributed by atoms with E-state index in [9.17, 15) is 19.3 Å². The molecule has 178 valence electrons. The van der Waals surface area contributed by atoms with Crippen LogP contribution in [-0.4, -0.2) is 34.4 Å². The van der Waals surface area contributed by atoms with Crippen LogP contribution in [0.2, 0.25) is 0 Å². The summed E-state index contributed by atoms with van der Waals surface area (Å²) >= 11 is 0. The fraction of sp³-hybridized carbons (Fsp3) is 0.296. The van der Waals surface area contributed by atoms with Crippen molar-refractivity contribution in [3.63, 3.8) is 0 Å². The van der Waals surface area contributed by atoms with E-state index in [4.69, 9.17) is 4.74 Å². The molecule has 0 unspecified atom stereocenters. The lowest BCUT2D eigenvalue weighted by Crippen LogP contribution is -2.55. The van der Waals surface area contributed by atoms with Crippen molar-refractivity contribution in [2.45, 2.75) is 43.0 Å². The number of ether oxygens (including phenoxy) is 1. The Labute approximate surface area is 201 Å². The summed E-state index contributed by atoms with van der Waals surface area (Å²) in [5.41, 5.74) is 1.30. The third-order valence-electron chi connectivity index (χ3n) is 7.66. The van der Waals surface area contributed by atoms with E-state index >= 15 is 0 Å². The molecule has 0 aromatic heterocycles. The van der Waals surface area contributed by atoms with Crippen LogP contribution in [-0.2, 0) is 16.9 Å². The lowest BCUT2D eigenvalue weighted by atomic mass is 9.77. The number of hydrogen-bond acceptors (Lipinski definition) is 5. The van der Waals surface area contributed by atoms with Crippen LogP contribution >= 0.6 is 0 Å². The molecule has 0 bridgehead atoms. The van der Waals surface area contributed by atoms with E-state index in [-0.39, 0.29) is 29.3 Å². The molecular weight excluding hydrogens is 449 g/mol. The zero-order chi connectivity index (χ0) is 24.2. The maximum atomic E-state index is 13.7. The van der Waals surface area contributed by atoms with Gasteiger partial charge in [0.25, 0.3) is 11.9 Å². The van der Waals surface area contributed by atoms with Crippen LogP contribution in [0.15, 0.2) is 72.8 Å². The van der Waals surface area contributed by atoms with Crippen LogP contribution in [0, 0.1) is 15.9 Å². The van der Waals surface area contributed by atoms with Gasteiger partial charge in [-0.15, -0.1) is 0 Å². The van der Waals surface area contributed by atoms with Crippen molar-refractivity contribution >= 4 is 11.6 Å². The molecular formula is C27H24FN3O4. The van der Waals surface area contributed by atoms with Crippen molar-refractivity contribution in [3.05, 3.63) is 105 Å². The second-order valence-electron chi connectivity index (χ2n) is 9.38. The first-order valence-corrected chi connectivity index (χ1v) is 11.8. The zero-order valence-corrected chi connectivity index (χ0v) is 18.9. The van der Waals surface area contributed by atoms with Crippen LogP contribution in [0.1, 0.15) is 35.4 Å². The Bertz CT molecular complexity index is 1330. The largest absolute Gasteiger partial charge is 0.489 e. The second-order valence-corrected chi connectivity index (χ2v) is 9.38. The van der Waals surface area contributed by atoms with E-state index in [1.54, 1.807) is 24.3 Å². The predicted octanol–water partition coefficient (Wildman–Crippen LogP) is 4.46. The first kappa shape index (κ1) is 21.7. The van der Waals surface area contributed by atoms with E-state index < -0.39 is 17.5 Å². The van der Waals surface area contributed by atoms with Gasteiger partial charge in [-0.2, -0.15) is 0 Å². The van der Waals surface area contributed by atoms with Crippen LogP contribution < -0.4 is 10.1 Å². The molecule has 1 amide bonds. The standard InChI is InChI=1S/C27H24FN3O4/c28-18-8-5-7-17(15-18)16-35-23-13-4-1-9-19(23)24-22-12-6-14-30(22)27(25(24)31(33)34)20-10-2-3-11-21(20)29-26(27)32/h1-5,7-11,13,15,22,24-25H,6,12,14,16H2,(H,29,32)/t22-,24+,25+,27-/m0/s1. The van der Waals surface area contributed by atoms with Gasteiger partial charge in [-0.3, -0.25) is 19.8 Å². The number of anilines is 1. The van der Waals surface area contributed by atoms with E-state index in [1.807, 2.05) is 36.4 Å². The molecule has 2 saturated heterocycles. The fourth-order valence-electron chi connectivity index (χ4n) is 6.42. The summed E-state index contributed by atoms with van der Waals surface area (Å²) in [6.45, 7) is 0.743. The lowest BCUT2D eigenvalue weighted by molar-refractivity contribution is -0.534. The minimum atomic E-state index is -1.37. The topological polar surface area (TPSA) is 84.7 Å². The second kappa shape index (κ2) is 8.16. The molecule has 3 aliphatic heterocycles. The predicted molar refractivity (Wildman–Crippen MR) is 127 cm³/mol. The smallest absolute Gasteiger partial charge is 0.256 e. The van der Waals surface area contributed by atoms with Gasteiger partial charge in [-0.25, -0.2) is 4.39 Å². The normalized spacial score (nSPS) is 27.0. The van der Waals surface area contributed by atoms with E-state index in [1.165, 1.54) is 12.1 Å². The molecule has 3 aliphatic rings. The number of benzene rings is 3. The number of carbonyl (C=O) groups is 1. The van der Waals surface area contributed by atoms with Crippen molar-refractivity contribution in [1.82, 2.24) is 4.90 Å². The average Bonchev–Trinajstić information content (AvgIpc) is 3.51. The van der Waals surface area contributed by atoms with Crippen molar-refractivity contribution in [1.29, 1.82) is 0 Å². The van der Waals surface area contributed by atoms with Crippen molar-refractivity contribution < 1.29 is 18.8 Å². The Morgan fingerprint density at radius 3 is 2.74 bits per heavy atom. The van der Waals surface area contributed by atoms with Gasteiger partial charge < -0.3 is 10.1 Å². The van der Waals surface area contributed by atoms with Gasteiger partial charge in [0.2, 0.25) is 0 Å². The number of hydrogen-bond donors (Lipinski definition) is 1. The first-order chi connectivity index (χ1) is 17.0. The van der Waals surface area contributed by atoms with Crippen LogP contribution in [0.5, 0.6) is 5.75 Å². The van der Waals surface area contributed by atoms with Gasteiger partial charge in [-0.1, -0.05) is 48.5 Å². The third kappa shape index (κ3) is 3.16. The third-order valence-corrected chi connectivity index (χ3v) is 7.66. The van der Waals surface area contributed by atoms with Gasteiger partial charge in [0.1, 0.15) is 18.2 Å². The summed E-state index contributed by atoms with van der Waals surface area (Å²) in [5.74, 6) is -0.719. The Morgan fingerprint density at radius 2 is 1.91 bits per heavy atom. The monoisotopic (exact) mass is 473 g/mol. The SMILES string of the molecule is O=C1Nc2ccccc2[C@]12[C@H]([N+](=O)[O-])[C@H](c1ccccc1OCc1cccc(F)c1)[C@@H]1CCCN12.